The van der Waals surface area contributed by atoms with Gasteiger partial charge in [-0.25, -0.2) is 0 Å². The summed E-state index contributed by atoms with van der Waals surface area (Å²) in [6, 6.07) is 5.06. The van der Waals surface area contributed by atoms with Crippen molar-refractivity contribution >= 4 is 6.20 Å². The minimum atomic E-state index is 1.05. The molecule has 1 aliphatic rings. The summed E-state index contributed by atoms with van der Waals surface area (Å²) in [6.45, 7) is 0. The van der Waals surface area contributed by atoms with Crippen LogP contribution in [0.3, 0.4) is 0 Å². The number of hydrogen-bond donors (Lipinski definition) is 0. The molecule has 1 aliphatic heterocycles. The second-order valence-corrected chi connectivity index (χ2v) is 1.90. The molecule has 0 spiro atoms. The second-order valence-electron chi connectivity index (χ2n) is 1.90. The van der Waals surface area contributed by atoms with Crippen LogP contribution in [0.4, 0.5) is 0 Å². The van der Waals surface area contributed by atoms with Gasteiger partial charge in [-0.1, -0.05) is 6.08 Å². The quantitative estimate of drug-likeness (QED) is 0.467. The van der Waals surface area contributed by atoms with Gasteiger partial charge in [0, 0.05) is 30.6 Å². The molecule has 0 atom stereocenters. The molecule has 0 aromatic carbocycles. The average Bonchev–Trinajstić information content (AvgIpc) is 2.15. The van der Waals surface area contributed by atoms with Gasteiger partial charge >= 0.3 is 0 Å². The van der Waals surface area contributed by atoms with Gasteiger partial charge < -0.3 is 4.57 Å². The fourth-order valence-corrected chi connectivity index (χ4v) is 0.960. The van der Waals surface area contributed by atoms with Crippen LogP contribution in [0.5, 0.6) is 0 Å². The number of fused-ring (bicyclic) bond motifs is 1. The molecular formula is C7H6N. The summed E-state index contributed by atoms with van der Waals surface area (Å²) in [5.41, 5.74) is 1.27. The van der Waals surface area contributed by atoms with E-state index < -0.39 is 0 Å². The van der Waals surface area contributed by atoms with Crippen molar-refractivity contribution in [3.63, 3.8) is 0 Å². The number of rotatable bonds is 0. The van der Waals surface area contributed by atoms with E-state index in [1.807, 2.05) is 12.3 Å². The largest absolute Gasteiger partial charge is 0.327 e. The molecule has 0 saturated heterocycles. The molecule has 1 nitrogen and oxygen atoms in total. The van der Waals surface area contributed by atoms with Crippen LogP contribution < -0.4 is 0 Å². The molecule has 0 unspecified atom stereocenters. The molecule has 1 aromatic heterocycles. The van der Waals surface area contributed by atoms with Crippen molar-refractivity contribution in [2.75, 3.05) is 0 Å². The number of hydrogen-bond acceptors (Lipinski definition) is 0. The standard InChI is InChI=1S/C7H6N/c1-3-7-4-2-6-8(7)5-1/h1-2,5-6H,3H2. The number of aromatic nitrogens is 1. The van der Waals surface area contributed by atoms with Crippen molar-refractivity contribution < 1.29 is 0 Å². The first-order valence-electron chi connectivity index (χ1n) is 2.71. The summed E-state index contributed by atoms with van der Waals surface area (Å²) in [4.78, 5) is 0. The lowest BCUT2D eigenvalue weighted by atomic mass is 10.3. The Kier molecular flexibility index (Phi) is 0.618. The summed E-state index contributed by atoms with van der Waals surface area (Å²) in [5.74, 6) is 0. The van der Waals surface area contributed by atoms with E-state index in [4.69, 9.17) is 0 Å². The van der Waals surface area contributed by atoms with E-state index in [1.165, 1.54) is 5.69 Å². The highest BCUT2D eigenvalue weighted by Crippen LogP contribution is 2.09. The van der Waals surface area contributed by atoms with E-state index in [1.54, 1.807) is 0 Å². The molecule has 8 heavy (non-hydrogen) atoms. The van der Waals surface area contributed by atoms with Crippen LogP contribution in [0.15, 0.2) is 18.3 Å². The van der Waals surface area contributed by atoms with Crippen LogP contribution in [0.25, 0.3) is 6.20 Å². The molecule has 1 radical (unpaired) electrons. The molecule has 0 bridgehead atoms. The third-order valence-corrected chi connectivity index (χ3v) is 1.37. The summed E-state index contributed by atoms with van der Waals surface area (Å²) in [7, 11) is 0. The van der Waals surface area contributed by atoms with Gasteiger partial charge in [0.2, 0.25) is 0 Å². The highest BCUT2D eigenvalue weighted by Gasteiger charge is 1.99. The first-order valence-corrected chi connectivity index (χ1v) is 2.71. The Balaban J connectivity index is 2.67. The maximum Gasteiger partial charge on any atom is 0.0338 e. The predicted molar refractivity (Wildman–Crippen MR) is 32.3 cm³/mol. The first kappa shape index (κ1) is 3.96. The van der Waals surface area contributed by atoms with Gasteiger partial charge in [-0.05, 0) is 6.07 Å². The smallest absolute Gasteiger partial charge is 0.0338 e. The third-order valence-electron chi connectivity index (χ3n) is 1.37. The van der Waals surface area contributed by atoms with Crippen LogP contribution in [0.1, 0.15) is 5.69 Å². The van der Waals surface area contributed by atoms with Crippen molar-refractivity contribution in [3.8, 4) is 0 Å². The second kappa shape index (κ2) is 1.25. The van der Waals surface area contributed by atoms with E-state index in [9.17, 15) is 0 Å². The molecule has 0 N–H and O–H groups in total. The first-order chi connectivity index (χ1) is 3.97. The van der Waals surface area contributed by atoms with E-state index in [0.29, 0.717) is 0 Å². The van der Waals surface area contributed by atoms with Crippen LogP contribution in [0.2, 0.25) is 0 Å². The summed E-state index contributed by atoms with van der Waals surface area (Å²) >= 11 is 0. The summed E-state index contributed by atoms with van der Waals surface area (Å²) < 4.78 is 2.08. The molecule has 1 aromatic rings. The van der Waals surface area contributed by atoms with E-state index in [-0.39, 0.29) is 0 Å². The minimum absolute atomic E-state index is 1.05. The fraction of sp³-hybridized carbons (Fsp3) is 0.143. The zero-order valence-corrected chi connectivity index (χ0v) is 4.46. The van der Waals surface area contributed by atoms with E-state index in [0.717, 1.165) is 6.42 Å². The monoisotopic (exact) mass is 104 g/mol. The van der Waals surface area contributed by atoms with Crippen molar-refractivity contribution in [2.24, 2.45) is 0 Å². The van der Waals surface area contributed by atoms with Crippen LogP contribution in [-0.2, 0) is 6.42 Å². The third kappa shape index (κ3) is 0.360. The van der Waals surface area contributed by atoms with Crippen molar-refractivity contribution in [2.45, 2.75) is 6.42 Å². The molecular weight excluding hydrogens is 98.1 g/mol. The number of allylic oxidation sites excluding steroid dienone is 1. The van der Waals surface area contributed by atoms with Crippen molar-refractivity contribution in [1.82, 2.24) is 4.57 Å². The number of nitrogens with zero attached hydrogens (tertiary/aromatic N) is 1. The lowest BCUT2D eigenvalue weighted by molar-refractivity contribution is 1.09. The van der Waals surface area contributed by atoms with Crippen LogP contribution in [0, 0.1) is 6.07 Å². The summed E-state index contributed by atoms with van der Waals surface area (Å²) in [6.07, 6.45) is 7.25. The molecule has 0 fully saturated rings. The maximum absolute atomic E-state index is 3.12. The van der Waals surface area contributed by atoms with Gasteiger partial charge in [-0.2, -0.15) is 0 Å². The van der Waals surface area contributed by atoms with Crippen LogP contribution >= 0.6 is 0 Å². The Morgan fingerprint density at radius 2 is 2.62 bits per heavy atom. The van der Waals surface area contributed by atoms with Gasteiger partial charge in [0.15, 0.2) is 0 Å². The summed E-state index contributed by atoms with van der Waals surface area (Å²) in [5, 5.41) is 0. The molecule has 0 aliphatic carbocycles. The topological polar surface area (TPSA) is 4.93 Å². The zero-order chi connectivity index (χ0) is 5.40. The Bertz CT molecular complexity index is 220. The predicted octanol–water partition coefficient (Wildman–Crippen LogP) is 1.32. The average molecular weight is 104 g/mol. The SMILES string of the molecule is [c]1ccn2c1CC=C2. The van der Waals surface area contributed by atoms with Gasteiger partial charge in [0.05, 0.1) is 0 Å². The van der Waals surface area contributed by atoms with Crippen molar-refractivity contribution in [1.29, 1.82) is 0 Å². The normalized spacial score (nSPS) is 14.5. The van der Waals surface area contributed by atoms with Gasteiger partial charge in [0.25, 0.3) is 0 Å². The molecule has 1 heteroatoms. The van der Waals surface area contributed by atoms with Gasteiger partial charge in [-0.15, -0.1) is 0 Å². The molecule has 2 heterocycles. The Morgan fingerprint density at radius 1 is 1.62 bits per heavy atom. The van der Waals surface area contributed by atoms with E-state index >= 15 is 0 Å². The highest BCUT2D eigenvalue weighted by atomic mass is 15.0. The fourth-order valence-electron chi connectivity index (χ4n) is 0.960. The van der Waals surface area contributed by atoms with Gasteiger partial charge in [0.1, 0.15) is 0 Å². The lowest BCUT2D eigenvalue weighted by Gasteiger charge is -1.87. The molecule has 0 amide bonds. The van der Waals surface area contributed by atoms with Gasteiger partial charge in [-0.3, -0.25) is 0 Å². The van der Waals surface area contributed by atoms with Crippen LogP contribution in [-0.4, -0.2) is 4.57 Å². The molecule has 0 saturated carbocycles. The highest BCUT2D eigenvalue weighted by molar-refractivity contribution is 5.35. The molecule has 2 rings (SSSR count). The Labute approximate surface area is 48.2 Å². The molecule has 39 valence electrons. The Hall–Kier alpha value is -0.980. The maximum atomic E-state index is 3.12. The lowest BCUT2D eigenvalue weighted by Crippen LogP contribution is -1.81. The van der Waals surface area contributed by atoms with E-state index in [2.05, 4.69) is 22.9 Å². The van der Waals surface area contributed by atoms with Crippen molar-refractivity contribution in [3.05, 3.63) is 30.1 Å². The zero-order valence-electron chi connectivity index (χ0n) is 4.46. The Morgan fingerprint density at radius 3 is 3.50 bits per heavy atom. The minimum Gasteiger partial charge on any atom is -0.327 e.